The molecule has 9 heteroatoms. The minimum absolute atomic E-state index is 0.0697. The highest BCUT2D eigenvalue weighted by Gasteiger charge is 2.18. The summed E-state index contributed by atoms with van der Waals surface area (Å²) in [6.45, 7) is 3.91. The molecule has 1 heterocycles. The zero-order valence-corrected chi connectivity index (χ0v) is 16.0. The normalized spacial score (nSPS) is 10.8. The lowest BCUT2D eigenvalue weighted by molar-refractivity contribution is -0.384. The van der Waals surface area contributed by atoms with Crippen molar-refractivity contribution in [2.24, 2.45) is 0 Å². The zero-order chi connectivity index (χ0) is 21.1. The maximum absolute atomic E-state index is 13.2. The fraction of sp³-hybridized carbons (Fsp3) is 0.250. The van der Waals surface area contributed by atoms with Gasteiger partial charge in [0.15, 0.2) is 0 Å². The number of nitrogens with zero attached hydrogens (tertiary/aromatic N) is 3. The van der Waals surface area contributed by atoms with E-state index in [1.807, 2.05) is 6.92 Å². The predicted molar refractivity (Wildman–Crippen MR) is 108 cm³/mol. The number of non-ortho nitro benzene ring substituents is 1. The highest BCUT2D eigenvalue weighted by molar-refractivity contribution is 5.82. The van der Waals surface area contributed by atoms with Crippen LogP contribution in [0.5, 0.6) is 0 Å². The maximum atomic E-state index is 13.2. The van der Waals surface area contributed by atoms with Crippen LogP contribution in [0, 0.1) is 17.0 Å². The molecule has 0 radical (unpaired) electrons. The molecule has 0 saturated carbocycles. The van der Waals surface area contributed by atoms with E-state index in [0.29, 0.717) is 12.1 Å². The molecule has 1 aromatic heterocycles. The third-order valence-electron chi connectivity index (χ3n) is 4.47. The van der Waals surface area contributed by atoms with Crippen LogP contribution in [-0.4, -0.2) is 26.5 Å². The minimum atomic E-state index is -0.738. The summed E-state index contributed by atoms with van der Waals surface area (Å²) in [6, 6.07) is 10.3. The molecule has 0 saturated heterocycles. The van der Waals surface area contributed by atoms with Gasteiger partial charge in [-0.05, 0) is 31.5 Å². The summed E-state index contributed by atoms with van der Waals surface area (Å²) < 4.78 is 2.07. The number of carbonyl (C=O) groups is 1. The second-order valence-corrected chi connectivity index (χ2v) is 6.66. The highest BCUT2D eigenvalue weighted by atomic mass is 16.6. The van der Waals surface area contributed by atoms with Crippen molar-refractivity contribution in [1.82, 2.24) is 14.5 Å². The van der Waals surface area contributed by atoms with Crippen molar-refractivity contribution in [3.8, 4) is 5.69 Å². The van der Waals surface area contributed by atoms with Crippen LogP contribution in [0.15, 0.2) is 52.1 Å². The van der Waals surface area contributed by atoms with Gasteiger partial charge in [0.05, 0.1) is 21.5 Å². The van der Waals surface area contributed by atoms with Gasteiger partial charge in [-0.15, -0.1) is 0 Å². The van der Waals surface area contributed by atoms with Crippen LogP contribution in [0.2, 0.25) is 0 Å². The van der Waals surface area contributed by atoms with Crippen LogP contribution < -0.4 is 16.6 Å². The molecular formula is C20H20N4O5. The summed E-state index contributed by atoms with van der Waals surface area (Å²) in [4.78, 5) is 49.0. The lowest BCUT2D eigenvalue weighted by Crippen LogP contribution is -2.42. The number of nitro benzene ring substituents is 1. The van der Waals surface area contributed by atoms with E-state index < -0.39 is 16.2 Å². The highest BCUT2D eigenvalue weighted by Crippen LogP contribution is 2.16. The molecule has 1 N–H and O–H groups in total. The summed E-state index contributed by atoms with van der Waals surface area (Å²) in [7, 11) is 0. The van der Waals surface area contributed by atoms with E-state index in [-0.39, 0.29) is 29.2 Å². The summed E-state index contributed by atoms with van der Waals surface area (Å²) in [5, 5.41) is 14.1. The molecule has 3 rings (SSSR count). The topological polar surface area (TPSA) is 116 Å². The molecule has 0 aliphatic rings. The number of rotatable bonds is 6. The number of benzene rings is 2. The number of hydrogen-bond donors (Lipinski definition) is 1. The lowest BCUT2D eigenvalue weighted by atomic mass is 10.1. The van der Waals surface area contributed by atoms with Gasteiger partial charge in [-0.3, -0.25) is 24.3 Å². The van der Waals surface area contributed by atoms with E-state index in [9.17, 15) is 24.5 Å². The molecule has 0 aliphatic carbocycles. The van der Waals surface area contributed by atoms with Crippen molar-refractivity contribution in [2.45, 2.75) is 26.8 Å². The van der Waals surface area contributed by atoms with E-state index in [1.165, 1.54) is 22.8 Å². The Bertz CT molecular complexity index is 1230. The first-order valence-electron chi connectivity index (χ1n) is 9.11. The molecule has 9 nitrogen and oxygen atoms in total. The number of hydrogen-bond acceptors (Lipinski definition) is 5. The SMILES string of the molecule is CCCNC(=O)Cn1c(=O)n(-c2cccc([N+](=O)[O-])c2)c(=O)c2cc(C)ccc21. The molecule has 3 aromatic rings. The standard InChI is InChI=1S/C20H20N4O5/c1-3-9-21-18(25)12-22-17-8-7-13(2)10-16(17)19(26)23(20(22)27)14-5-4-6-15(11-14)24(28)29/h4-8,10-11H,3,9,12H2,1-2H3,(H,21,25). The number of nitro groups is 1. The van der Waals surface area contributed by atoms with Crippen LogP contribution >= 0.6 is 0 Å². The van der Waals surface area contributed by atoms with E-state index in [0.717, 1.165) is 22.6 Å². The monoisotopic (exact) mass is 396 g/mol. The molecule has 150 valence electrons. The van der Waals surface area contributed by atoms with Crippen LogP contribution in [0.3, 0.4) is 0 Å². The summed E-state index contributed by atoms with van der Waals surface area (Å²) in [5.41, 5.74) is -0.372. The first-order valence-corrected chi connectivity index (χ1v) is 9.11. The molecule has 0 aliphatic heterocycles. The van der Waals surface area contributed by atoms with E-state index in [2.05, 4.69) is 5.32 Å². The Morgan fingerprint density at radius 3 is 2.62 bits per heavy atom. The minimum Gasteiger partial charge on any atom is -0.355 e. The first kappa shape index (κ1) is 20.0. The Kier molecular flexibility index (Phi) is 5.58. The quantitative estimate of drug-likeness (QED) is 0.505. The molecule has 2 aromatic carbocycles. The Hall–Kier alpha value is -3.75. The van der Waals surface area contributed by atoms with Gasteiger partial charge in [0, 0.05) is 18.7 Å². The zero-order valence-electron chi connectivity index (χ0n) is 16.0. The van der Waals surface area contributed by atoms with E-state index in [1.54, 1.807) is 25.1 Å². The third kappa shape index (κ3) is 3.93. The Morgan fingerprint density at radius 2 is 1.93 bits per heavy atom. The Balaban J connectivity index is 2.29. The molecule has 0 spiro atoms. The molecule has 29 heavy (non-hydrogen) atoms. The van der Waals surface area contributed by atoms with Gasteiger partial charge < -0.3 is 5.32 Å². The predicted octanol–water partition coefficient (Wildman–Crippen LogP) is 1.90. The van der Waals surface area contributed by atoms with Crippen molar-refractivity contribution < 1.29 is 9.72 Å². The third-order valence-corrected chi connectivity index (χ3v) is 4.47. The van der Waals surface area contributed by atoms with Gasteiger partial charge in [0.2, 0.25) is 5.91 Å². The fourth-order valence-electron chi connectivity index (χ4n) is 3.08. The van der Waals surface area contributed by atoms with Gasteiger partial charge in [-0.25, -0.2) is 9.36 Å². The number of aromatic nitrogens is 2. The van der Waals surface area contributed by atoms with Gasteiger partial charge in [0.1, 0.15) is 6.54 Å². The average Bonchev–Trinajstić information content (AvgIpc) is 2.70. The lowest BCUT2D eigenvalue weighted by Gasteiger charge is -2.14. The number of aryl methyl sites for hydroxylation is 1. The van der Waals surface area contributed by atoms with Crippen LogP contribution in [0.4, 0.5) is 5.69 Å². The summed E-state index contributed by atoms with van der Waals surface area (Å²) in [5.74, 6) is -0.361. The smallest absolute Gasteiger partial charge is 0.336 e. The fourth-order valence-corrected chi connectivity index (χ4v) is 3.08. The Labute approximate surface area is 165 Å². The van der Waals surface area contributed by atoms with Gasteiger partial charge in [-0.1, -0.05) is 24.6 Å². The largest absolute Gasteiger partial charge is 0.355 e. The van der Waals surface area contributed by atoms with Crippen molar-refractivity contribution in [2.75, 3.05) is 6.54 Å². The Morgan fingerprint density at radius 1 is 1.17 bits per heavy atom. The first-order chi connectivity index (χ1) is 13.8. The van der Waals surface area contributed by atoms with E-state index in [4.69, 9.17) is 0 Å². The number of carbonyl (C=O) groups excluding carboxylic acids is 1. The number of nitrogens with one attached hydrogen (secondary N) is 1. The van der Waals surface area contributed by atoms with Crippen LogP contribution in [-0.2, 0) is 11.3 Å². The molecule has 1 amide bonds. The maximum Gasteiger partial charge on any atom is 0.336 e. The van der Waals surface area contributed by atoms with Gasteiger partial charge in [0.25, 0.3) is 11.2 Å². The second kappa shape index (κ2) is 8.09. The van der Waals surface area contributed by atoms with Crippen molar-refractivity contribution in [1.29, 1.82) is 0 Å². The molecule has 0 unspecified atom stereocenters. The van der Waals surface area contributed by atoms with Crippen molar-refractivity contribution >= 4 is 22.5 Å². The number of fused-ring (bicyclic) bond motifs is 1. The van der Waals surface area contributed by atoms with Gasteiger partial charge in [-0.2, -0.15) is 0 Å². The molecule has 0 bridgehead atoms. The second-order valence-electron chi connectivity index (χ2n) is 6.66. The summed E-state index contributed by atoms with van der Waals surface area (Å²) >= 11 is 0. The van der Waals surface area contributed by atoms with Crippen molar-refractivity contribution in [3.63, 3.8) is 0 Å². The number of amides is 1. The average molecular weight is 396 g/mol. The van der Waals surface area contributed by atoms with Gasteiger partial charge >= 0.3 is 5.69 Å². The van der Waals surface area contributed by atoms with Crippen LogP contribution in [0.1, 0.15) is 18.9 Å². The molecule has 0 atom stereocenters. The van der Waals surface area contributed by atoms with E-state index >= 15 is 0 Å². The molecule has 0 fully saturated rings. The van der Waals surface area contributed by atoms with Crippen LogP contribution in [0.25, 0.3) is 16.6 Å². The van der Waals surface area contributed by atoms with Crippen molar-refractivity contribution in [3.05, 3.63) is 79.0 Å². The summed E-state index contributed by atoms with van der Waals surface area (Å²) in [6.07, 6.45) is 0.744. The molecular weight excluding hydrogens is 376 g/mol.